The van der Waals surface area contributed by atoms with E-state index in [0.717, 1.165) is 18.5 Å². The Morgan fingerprint density at radius 1 is 1.30 bits per heavy atom. The summed E-state index contributed by atoms with van der Waals surface area (Å²) in [4.78, 5) is 13.5. The third-order valence-corrected chi connectivity index (χ3v) is 4.47. The first-order chi connectivity index (χ1) is 11.2. The highest BCUT2D eigenvalue weighted by Gasteiger charge is 2.21. The van der Waals surface area contributed by atoms with E-state index in [1.54, 1.807) is 18.2 Å². The zero-order valence-electron chi connectivity index (χ0n) is 12.8. The van der Waals surface area contributed by atoms with Crippen LogP contribution < -0.4 is 4.90 Å². The second-order valence-corrected chi connectivity index (χ2v) is 6.06. The molecule has 1 saturated carbocycles. The lowest BCUT2D eigenvalue weighted by Gasteiger charge is -2.21. The third kappa shape index (κ3) is 3.55. The fraction of sp³-hybridized carbons (Fsp3) is 0.412. The number of hydrogen-bond acceptors (Lipinski definition) is 2. The Hall–Kier alpha value is -1.88. The Morgan fingerprint density at radius 3 is 2.74 bits per heavy atom. The van der Waals surface area contributed by atoms with Crippen molar-refractivity contribution in [2.24, 2.45) is 0 Å². The molecule has 0 aliphatic heterocycles. The van der Waals surface area contributed by atoms with E-state index in [1.807, 2.05) is 16.9 Å². The predicted molar refractivity (Wildman–Crippen MR) is 88.0 cm³/mol. The van der Waals surface area contributed by atoms with Gasteiger partial charge in [0.2, 0.25) is 5.91 Å². The predicted octanol–water partition coefficient (Wildman–Crippen LogP) is 3.91. The van der Waals surface area contributed by atoms with Gasteiger partial charge in [-0.15, -0.1) is 11.6 Å². The molecule has 0 spiro atoms. The summed E-state index contributed by atoms with van der Waals surface area (Å²) in [6.45, 7) is 0.214. The van der Waals surface area contributed by atoms with E-state index in [4.69, 9.17) is 11.6 Å². The van der Waals surface area contributed by atoms with Gasteiger partial charge in [-0.1, -0.05) is 25.0 Å². The van der Waals surface area contributed by atoms with Crippen LogP contribution in [0, 0.1) is 5.82 Å². The summed E-state index contributed by atoms with van der Waals surface area (Å²) >= 11 is 5.68. The molecule has 0 atom stereocenters. The third-order valence-electron chi connectivity index (χ3n) is 4.24. The molecular weight excluding hydrogens is 317 g/mol. The Bertz CT molecular complexity index is 682. The molecule has 4 nitrogen and oxygen atoms in total. The Labute approximate surface area is 139 Å². The van der Waals surface area contributed by atoms with Gasteiger partial charge in [0.15, 0.2) is 0 Å². The van der Waals surface area contributed by atoms with Crippen molar-refractivity contribution in [3.05, 3.63) is 48.0 Å². The number of amides is 1. The summed E-state index contributed by atoms with van der Waals surface area (Å²) in [7, 11) is 0. The Kier molecular flexibility index (Phi) is 4.96. The van der Waals surface area contributed by atoms with E-state index in [2.05, 4.69) is 5.10 Å². The van der Waals surface area contributed by atoms with Crippen LogP contribution in [-0.2, 0) is 11.3 Å². The molecule has 0 unspecified atom stereocenters. The zero-order valence-corrected chi connectivity index (χ0v) is 13.5. The molecule has 0 bridgehead atoms. The van der Waals surface area contributed by atoms with E-state index >= 15 is 0 Å². The number of carbonyl (C=O) groups excluding carboxylic acids is 1. The number of nitrogens with zero attached hydrogens (tertiary/aromatic N) is 3. The maximum absolute atomic E-state index is 14.0. The van der Waals surface area contributed by atoms with Gasteiger partial charge in [-0.25, -0.2) is 4.39 Å². The first-order valence-corrected chi connectivity index (χ1v) is 8.37. The first kappa shape index (κ1) is 16.0. The van der Waals surface area contributed by atoms with Crippen LogP contribution in [0.25, 0.3) is 0 Å². The highest BCUT2D eigenvalue weighted by atomic mass is 35.5. The molecule has 6 heteroatoms. The van der Waals surface area contributed by atoms with Crippen molar-refractivity contribution < 1.29 is 9.18 Å². The van der Waals surface area contributed by atoms with Crippen molar-refractivity contribution in [1.29, 1.82) is 0 Å². The van der Waals surface area contributed by atoms with Crippen LogP contribution in [0.3, 0.4) is 0 Å². The van der Waals surface area contributed by atoms with Gasteiger partial charge in [0.1, 0.15) is 11.7 Å². The molecule has 1 fully saturated rings. The standard InChI is InChI=1S/C17H19ClFN3O/c18-11-17(23)21(16-8-4-3-7-15(16)19)12-13-9-10-22(20-13)14-5-1-2-6-14/h3-4,7-10,14H,1-2,5-6,11-12H2. The normalized spacial score (nSPS) is 15.0. The fourth-order valence-electron chi connectivity index (χ4n) is 3.05. The average Bonchev–Trinajstić information content (AvgIpc) is 3.24. The van der Waals surface area contributed by atoms with Crippen molar-refractivity contribution in [2.75, 3.05) is 10.8 Å². The molecule has 23 heavy (non-hydrogen) atoms. The molecule has 122 valence electrons. The number of aromatic nitrogens is 2. The number of halogens is 2. The van der Waals surface area contributed by atoms with Crippen molar-refractivity contribution >= 4 is 23.2 Å². The van der Waals surface area contributed by atoms with Crippen LogP contribution in [-0.4, -0.2) is 21.6 Å². The SMILES string of the molecule is O=C(CCl)N(Cc1ccn(C2CCCC2)n1)c1ccccc1F. The van der Waals surface area contributed by atoms with Crippen molar-refractivity contribution in [3.8, 4) is 0 Å². The van der Waals surface area contributed by atoms with Crippen LogP contribution in [0.15, 0.2) is 36.5 Å². The number of para-hydroxylation sites is 1. The second-order valence-electron chi connectivity index (χ2n) is 5.79. The van der Waals surface area contributed by atoms with Crippen molar-refractivity contribution in [1.82, 2.24) is 9.78 Å². The monoisotopic (exact) mass is 335 g/mol. The number of rotatable bonds is 5. The lowest BCUT2D eigenvalue weighted by atomic mass is 10.2. The summed E-state index contributed by atoms with van der Waals surface area (Å²) in [6.07, 6.45) is 6.67. The Morgan fingerprint density at radius 2 is 2.04 bits per heavy atom. The summed E-state index contributed by atoms with van der Waals surface area (Å²) in [5.41, 5.74) is 0.965. The number of alkyl halides is 1. The summed E-state index contributed by atoms with van der Waals surface area (Å²) in [5, 5.41) is 4.56. The van der Waals surface area contributed by atoms with E-state index in [9.17, 15) is 9.18 Å². The van der Waals surface area contributed by atoms with Gasteiger partial charge in [-0.05, 0) is 31.0 Å². The quantitative estimate of drug-likeness (QED) is 0.777. The topological polar surface area (TPSA) is 38.1 Å². The maximum atomic E-state index is 14.0. The van der Waals surface area contributed by atoms with Gasteiger partial charge in [0, 0.05) is 6.20 Å². The zero-order chi connectivity index (χ0) is 16.2. The fourth-order valence-corrected chi connectivity index (χ4v) is 3.19. The molecule has 0 N–H and O–H groups in total. The molecule has 3 rings (SSSR count). The van der Waals surface area contributed by atoms with Gasteiger partial charge in [0.05, 0.1) is 24.0 Å². The van der Waals surface area contributed by atoms with Crippen molar-refractivity contribution in [3.63, 3.8) is 0 Å². The second kappa shape index (κ2) is 7.13. The molecule has 1 aliphatic carbocycles. The summed E-state index contributed by atoms with van der Waals surface area (Å²) < 4.78 is 16.0. The minimum atomic E-state index is -0.443. The lowest BCUT2D eigenvalue weighted by Crippen LogP contribution is -2.32. The van der Waals surface area contributed by atoms with Crippen LogP contribution >= 0.6 is 11.6 Å². The Balaban J connectivity index is 1.81. The molecule has 1 aliphatic rings. The van der Waals surface area contributed by atoms with Gasteiger partial charge in [-0.3, -0.25) is 9.48 Å². The molecule has 1 aromatic carbocycles. The molecule has 2 aromatic rings. The minimum absolute atomic E-state index is 0.197. The van der Waals surface area contributed by atoms with Crippen molar-refractivity contribution in [2.45, 2.75) is 38.3 Å². The summed E-state index contributed by atoms with van der Waals surface area (Å²) in [5.74, 6) is -0.981. The number of benzene rings is 1. The van der Waals surface area contributed by atoms with E-state index in [-0.39, 0.29) is 24.0 Å². The smallest absolute Gasteiger partial charge is 0.242 e. The van der Waals surface area contributed by atoms with Crippen LogP contribution in [0.2, 0.25) is 0 Å². The number of hydrogen-bond donors (Lipinski definition) is 0. The van der Waals surface area contributed by atoms with E-state index in [0.29, 0.717) is 6.04 Å². The van der Waals surface area contributed by atoms with Gasteiger partial charge in [-0.2, -0.15) is 5.10 Å². The number of carbonyl (C=O) groups is 1. The molecule has 0 saturated heterocycles. The van der Waals surface area contributed by atoms with Gasteiger partial charge >= 0.3 is 0 Å². The molecule has 1 amide bonds. The minimum Gasteiger partial charge on any atom is -0.302 e. The van der Waals surface area contributed by atoms with Crippen LogP contribution in [0.5, 0.6) is 0 Å². The molecule has 0 radical (unpaired) electrons. The molecular formula is C17H19ClFN3O. The van der Waals surface area contributed by atoms with Gasteiger partial charge < -0.3 is 4.90 Å². The van der Waals surface area contributed by atoms with Gasteiger partial charge in [0.25, 0.3) is 0 Å². The largest absolute Gasteiger partial charge is 0.302 e. The maximum Gasteiger partial charge on any atom is 0.242 e. The highest BCUT2D eigenvalue weighted by Crippen LogP contribution is 2.29. The average molecular weight is 336 g/mol. The lowest BCUT2D eigenvalue weighted by molar-refractivity contribution is -0.116. The molecule has 1 heterocycles. The molecule has 1 aromatic heterocycles. The summed E-state index contributed by atoms with van der Waals surface area (Å²) in [6, 6.07) is 8.53. The van der Waals surface area contributed by atoms with E-state index < -0.39 is 5.82 Å². The van der Waals surface area contributed by atoms with E-state index in [1.165, 1.54) is 23.8 Å². The first-order valence-electron chi connectivity index (χ1n) is 7.84. The van der Waals surface area contributed by atoms with Crippen LogP contribution in [0.1, 0.15) is 37.4 Å². The highest BCUT2D eigenvalue weighted by molar-refractivity contribution is 6.29. The number of anilines is 1. The van der Waals surface area contributed by atoms with Crippen LogP contribution in [0.4, 0.5) is 10.1 Å².